The molecule has 0 spiro atoms. The maximum atomic E-state index is 13.6. The van der Waals surface area contributed by atoms with Gasteiger partial charge in [0.25, 0.3) is 5.91 Å². The number of hydrogen-bond acceptors (Lipinski definition) is 10. The van der Waals surface area contributed by atoms with Crippen LogP contribution in [-0.2, 0) is 42.2 Å². The number of ether oxygens (including phenoxy) is 4. The lowest BCUT2D eigenvalue weighted by Gasteiger charge is -2.25. The van der Waals surface area contributed by atoms with Crippen LogP contribution in [0.5, 0.6) is 0 Å². The molecule has 0 unspecified atom stereocenters. The van der Waals surface area contributed by atoms with Gasteiger partial charge in [0, 0.05) is 54.9 Å². The van der Waals surface area contributed by atoms with Crippen LogP contribution in [0.2, 0.25) is 0 Å². The van der Waals surface area contributed by atoms with Gasteiger partial charge in [-0.2, -0.15) is 0 Å². The van der Waals surface area contributed by atoms with E-state index in [1.54, 1.807) is 31.2 Å². The second kappa shape index (κ2) is 24.0. The first kappa shape index (κ1) is 48.8. The summed E-state index contributed by atoms with van der Waals surface area (Å²) in [5.74, 6) is -0.226. The standard InChI is InChI=1S/C34H37FN2O7S.C15H22O3/c1-22(38)26-7-4-6-23(18-26)21-43-17-16-42-15-5-14-37(45(3,40)41)30-20-31-29(19-28(30)24-8-9-24)32(34(39)36-2)33(44-31)25-10-12-27(35)13-11-25;1-3-4-8-17-9-10-18-12-14-6-5-7-15(11-14)13(2)16/h4,6-7,10-13,18-20,24H,5,8-9,14-17,21H2,1-3H3,(H,36,39);5-7,11H,3-4,8-10,12H2,1-2H3. The number of carbonyl (C=O) groups is 3. The Labute approximate surface area is 370 Å². The van der Waals surface area contributed by atoms with Gasteiger partial charge in [0.1, 0.15) is 17.2 Å². The molecule has 1 N–H and O–H groups in total. The van der Waals surface area contributed by atoms with Crippen LogP contribution in [0.3, 0.4) is 0 Å². The molecule has 0 saturated heterocycles. The molecule has 5 aromatic rings. The van der Waals surface area contributed by atoms with Gasteiger partial charge in [-0.1, -0.05) is 49.7 Å². The first-order valence-corrected chi connectivity index (χ1v) is 23.2. The van der Waals surface area contributed by atoms with Gasteiger partial charge < -0.3 is 28.7 Å². The average Bonchev–Trinajstić information content (AvgIpc) is 4.05. The molecule has 1 aliphatic carbocycles. The number of ketones is 2. The quantitative estimate of drug-likeness (QED) is 0.0469. The minimum atomic E-state index is -3.67. The largest absolute Gasteiger partial charge is 0.455 e. The van der Waals surface area contributed by atoms with Crippen molar-refractivity contribution in [1.29, 1.82) is 0 Å². The molecule has 1 saturated carbocycles. The van der Waals surface area contributed by atoms with Crippen LogP contribution in [0, 0.1) is 5.82 Å². The van der Waals surface area contributed by atoms with Crippen LogP contribution in [0.1, 0.15) is 107 Å². The van der Waals surface area contributed by atoms with Crippen molar-refractivity contribution < 1.29 is 50.6 Å². The first-order chi connectivity index (χ1) is 30.3. The lowest BCUT2D eigenvalue weighted by atomic mass is 10.0. The number of sulfonamides is 1. The normalized spacial score (nSPS) is 12.5. The van der Waals surface area contributed by atoms with E-state index in [0.29, 0.717) is 86.0 Å². The second-order valence-electron chi connectivity index (χ2n) is 15.5. The van der Waals surface area contributed by atoms with Gasteiger partial charge in [0.2, 0.25) is 10.0 Å². The number of fused-ring (bicyclic) bond motifs is 1. The van der Waals surface area contributed by atoms with Gasteiger partial charge in [0.05, 0.1) is 57.1 Å². The van der Waals surface area contributed by atoms with Gasteiger partial charge in [-0.25, -0.2) is 12.8 Å². The molecule has 338 valence electrons. The Kier molecular flexibility index (Phi) is 18.6. The highest BCUT2D eigenvalue weighted by Gasteiger charge is 2.33. The zero-order valence-corrected chi connectivity index (χ0v) is 37.7. The molecular weight excluding hydrogens is 828 g/mol. The molecule has 0 atom stereocenters. The Morgan fingerprint density at radius 1 is 0.762 bits per heavy atom. The van der Waals surface area contributed by atoms with E-state index < -0.39 is 15.8 Å². The predicted molar refractivity (Wildman–Crippen MR) is 243 cm³/mol. The average molecular weight is 887 g/mol. The molecular formula is C49H59FN2O10S. The third kappa shape index (κ3) is 14.7. The number of nitrogens with one attached hydrogen (secondary N) is 1. The fraction of sp³-hybridized carbons (Fsp3) is 0.408. The zero-order valence-electron chi connectivity index (χ0n) is 36.9. The number of amides is 1. The first-order valence-electron chi connectivity index (χ1n) is 21.4. The highest BCUT2D eigenvalue weighted by atomic mass is 32.2. The summed E-state index contributed by atoms with van der Waals surface area (Å²) >= 11 is 0. The van der Waals surface area contributed by atoms with Crippen molar-refractivity contribution in [3.63, 3.8) is 0 Å². The van der Waals surface area contributed by atoms with E-state index >= 15 is 0 Å². The monoisotopic (exact) mass is 886 g/mol. The Balaban J connectivity index is 0.000000349. The van der Waals surface area contributed by atoms with Crippen LogP contribution in [0.25, 0.3) is 22.3 Å². The van der Waals surface area contributed by atoms with Gasteiger partial charge >= 0.3 is 0 Å². The van der Waals surface area contributed by atoms with Crippen molar-refractivity contribution >= 4 is 44.2 Å². The molecule has 1 aromatic heterocycles. The van der Waals surface area contributed by atoms with Gasteiger partial charge in [-0.3, -0.25) is 18.7 Å². The lowest BCUT2D eigenvalue weighted by molar-refractivity contribution is 0.0396. The number of carbonyl (C=O) groups excluding carboxylic acids is 3. The smallest absolute Gasteiger partial charge is 0.255 e. The zero-order chi connectivity index (χ0) is 45.4. The number of anilines is 1. The fourth-order valence-corrected chi connectivity index (χ4v) is 7.82. The minimum absolute atomic E-state index is 0.0000435. The van der Waals surface area contributed by atoms with E-state index in [1.165, 1.54) is 36.7 Å². The summed E-state index contributed by atoms with van der Waals surface area (Å²) in [5.41, 5.74) is 5.87. The minimum Gasteiger partial charge on any atom is -0.455 e. The van der Waals surface area contributed by atoms with Crippen molar-refractivity contribution in [2.75, 3.05) is 63.8 Å². The molecule has 1 amide bonds. The van der Waals surface area contributed by atoms with E-state index in [2.05, 4.69) is 12.2 Å². The Hall–Kier alpha value is -5.25. The number of halogens is 1. The van der Waals surface area contributed by atoms with E-state index in [0.717, 1.165) is 54.5 Å². The van der Waals surface area contributed by atoms with Crippen molar-refractivity contribution in [3.05, 3.63) is 124 Å². The molecule has 1 heterocycles. The number of hydrogen-bond donors (Lipinski definition) is 1. The molecule has 63 heavy (non-hydrogen) atoms. The van der Waals surface area contributed by atoms with Crippen LogP contribution < -0.4 is 9.62 Å². The number of rotatable bonds is 24. The van der Waals surface area contributed by atoms with Gasteiger partial charge in [-0.15, -0.1) is 0 Å². The van der Waals surface area contributed by atoms with E-state index in [1.807, 2.05) is 48.5 Å². The lowest BCUT2D eigenvalue weighted by Crippen LogP contribution is -2.32. The summed E-state index contributed by atoms with van der Waals surface area (Å²) in [7, 11) is -2.14. The third-order valence-corrected chi connectivity index (χ3v) is 11.5. The maximum absolute atomic E-state index is 13.6. The Morgan fingerprint density at radius 3 is 1.83 bits per heavy atom. The molecule has 1 fully saturated rings. The molecule has 14 heteroatoms. The van der Waals surface area contributed by atoms with Crippen LogP contribution in [0.4, 0.5) is 10.1 Å². The van der Waals surface area contributed by atoms with Crippen LogP contribution >= 0.6 is 0 Å². The summed E-state index contributed by atoms with van der Waals surface area (Å²) in [6.45, 7) is 9.35. The molecule has 1 aliphatic rings. The van der Waals surface area contributed by atoms with Crippen molar-refractivity contribution in [3.8, 4) is 11.3 Å². The number of benzene rings is 4. The number of furan rings is 1. The molecule has 4 aromatic carbocycles. The summed E-state index contributed by atoms with van der Waals surface area (Å²) in [4.78, 5) is 35.8. The molecule has 12 nitrogen and oxygen atoms in total. The second-order valence-corrected chi connectivity index (χ2v) is 17.4. The number of unbranched alkanes of at least 4 members (excludes halogenated alkanes) is 1. The molecule has 0 aliphatic heterocycles. The highest BCUT2D eigenvalue weighted by Crippen LogP contribution is 2.48. The molecule has 0 radical (unpaired) electrons. The maximum Gasteiger partial charge on any atom is 0.255 e. The predicted octanol–water partition coefficient (Wildman–Crippen LogP) is 9.29. The van der Waals surface area contributed by atoms with E-state index in [9.17, 15) is 27.2 Å². The Bertz CT molecular complexity index is 2410. The number of nitrogens with zero attached hydrogens (tertiary/aromatic N) is 1. The van der Waals surface area contributed by atoms with Gasteiger partial charge in [0.15, 0.2) is 11.6 Å². The number of Topliss-reactive ketones (excluding diaryl/α,β-unsaturated/α-hetero) is 2. The SMILES string of the molecule is CCCCOCCOCc1cccc(C(C)=O)c1.CNC(=O)c1c(-c2ccc(F)cc2)oc2cc(N(CCCOCCOCc3cccc(C(C)=O)c3)S(C)(=O)=O)c(C3CC3)cc12. The Morgan fingerprint density at radius 2 is 1.32 bits per heavy atom. The van der Waals surface area contributed by atoms with Crippen LogP contribution in [-0.4, -0.2) is 85.4 Å². The summed E-state index contributed by atoms with van der Waals surface area (Å²) in [6.07, 6.45) is 5.69. The van der Waals surface area contributed by atoms with Crippen molar-refractivity contribution in [2.45, 2.75) is 72.0 Å². The summed E-state index contributed by atoms with van der Waals surface area (Å²) < 4.78 is 69.6. The van der Waals surface area contributed by atoms with Gasteiger partial charge in [-0.05, 0) is 105 Å². The summed E-state index contributed by atoms with van der Waals surface area (Å²) in [5, 5.41) is 3.23. The van der Waals surface area contributed by atoms with E-state index in [-0.39, 0.29) is 35.7 Å². The molecule has 6 rings (SSSR count). The fourth-order valence-electron chi connectivity index (χ4n) is 6.84. The molecule has 0 bridgehead atoms. The topological polar surface area (TPSA) is 151 Å². The third-order valence-electron chi connectivity index (χ3n) is 10.3. The van der Waals surface area contributed by atoms with Crippen LogP contribution in [0.15, 0.2) is 89.3 Å². The summed E-state index contributed by atoms with van der Waals surface area (Å²) in [6, 6.07) is 24.1. The van der Waals surface area contributed by atoms with Crippen molar-refractivity contribution in [1.82, 2.24) is 5.32 Å². The van der Waals surface area contributed by atoms with Crippen molar-refractivity contribution in [2.24, 2.45) is 0 Å². The van der Waals surface area contributed by atoms with E-state index in [4.69, 9.17) is 23.4 Å². The highest BCUT2D eigenvalue weighted by molar-refractivity contribution is 7.92.